The summed E-state index contributed by atoms with van der Waals surface area (Å²) in [5.41, 5.74) is 2.28. The van der Waals surface area contributed by atoms with Crippen LogP contribution in [0.3, 0.4) is 0 Å². The topological polar surface area (TPSA) is 28.2 Å². The molecule has 2 atom stereocenters. The summed E-state index contributed by atoms with van der Waals surface area (Å²) in [5, 5.41) is 3.49. The molecule has 1 saturated heterocycles. The van der Waals surface area contributed by atoms with E-state index < -0.39 is 0 Å². The first-order valence-electron chi connectivity index (χ1n) is 6.54. The molecule has 1 fully saturated rings. The summed E-state index contributed by atoms with van der Waals surface area (Å²) in [6.45, 7) is 7.55. The summed E-state index contributed by atoms with van der Waals surface area (Å²) < 4.78 is 0. The van der Waals surface area contributed by atoms with Crippen LogP contribution >= 0.6 is 0 Å². The van der Waals surface area contributed by atoms with E-state index in [0.717, 1.165) is 31.2 Å². The number of hydrogen-bond donors (Lipinski definition) is 1. The molecule has 3 heteroatoms. The lowest BCUT2D eigenvalue weighted by molar-refractivity contribution is 0.199. The fraction of sp³-hybridized carbons (Fsp3) is 0.643. The van der Waals surface area contributed by atoms with E-state index in [1.807, 2.05) is 0 Å². The van der Waals surface area contributed by atoms with Crippen LogP contribution in [0.1, 0.15) is 24.7 Å². The lowest BCUT2D eigenvalue weighted by Crippen LogP contribution is -2.37. The molecule has 0 aromatic carbocycles. The minimum Gasteiger partial charge on any atom is -0.315 e. The Morgan fingerprint density at radius 2 is 2.24 bits per heavy atom. The fourth-order valence-corrected chi connectivity index (χ4v) is 2.71. The Kier molecular flexibility index (Phi) is 4.13. The maximum atomic E-state index is 4.57. The number of likely N-dealkylation sites (N-methyl/N-ethyl adjacent to an activating group) is 1. The van der Waals surface area contributed by atoms with Gasteiger partial charge >= 0.3 is 0 Å². The maximum absolute atomic E-state index is 4.57. The van der Waals surface area contributed by atoms with E-state index in [2.05, 4.69) is 54.3 Å². The Labute approximate surface area is 104 Å². The van der Waals surface area contributed by atoms with Crippen LogP contribution < -0.4 is 5.32 Å². The highest BCUT2D eigenvalue weighted by Gasteiger charge is 2.28. The van der Waals surface area contributed by atoms with Gasteiger partial charge in [-0.3, -0.25) is 9.88 Å². The molecule has 2 unspecified atom stereocenters. The first-order chi connectivity index (χ1) is 8.20. The Bertz CT molecular complexity index is 364. The molecule has 0 aliphatic carbocycles. The number of aromatic nitrogens is 1. The van der Waals surface area contributed by atoms with Crippen molar-refractivity contribution in [1.29, 1.82) is 0 Å². The van der Waals surface area contributed by atoms with E-state index in [1.165, 1.54) is 12.1 Å². The highest BCUT2D eigenvalue weighted by Crippen LogP contribution is 2.19. The van der Waals surface area contributed by atoms with Gasteiger partial charge in [0.2, 0.25) is 0 Å². The number of nitrogens with one attached hydrogen (secondary N) is 1. The standard InChI is InChI=1S/C14H23N3/c1-4-12-8-15-9-14(12)17(3)10-13-7-5-6-11(2)16-13/h5-7,12,14-15H,4,8-10H2,1-3H3. The van der Waals surface area contributed by atoms with E-state index in [9.17, 15) is 0 Å². The Morgan fingerprint density at radius 3 is 2.94 bits per heavy atom. The molecule has 0 radical (unpaired) electrons. The largest absolute Gasteiger partial charge is 0.315 e. The third kappa shape index (κ3) is 3.05. The zero-order valence-electron chi connectivity index (χ0n) is 11.1. The van der Waals surface area contributed by atoms with Crippen LogP contribution in [0.25, 0.3) is 0 Å². The van der Waals surface area contributed by atoms with Gasteiger partial charge in [-0.2, -0.15) is 0 Å². The van der Waals surface area contributed by atoms with Crippen molar-refractivity contribution in [2.75, 3.05) is 20.1 Å². The van der Waals surface area contributed by atoms with Crippen molar-refractivity contribution in [2.24, 2.45) is 5.92 Å². The van der Waals surface area contributed by atoms with Gasteiger partial charge in [0.25, 0.3) is 0 Å². The second-order valence-electron chi connectivity index (χ2n) is 5.08. The molecule has 17 heavy (non-hydrogen) atoms. The van der Waals surface area contributed by atoms with E-state index in [-0.39, 0.29) is 0 Å². The predicted octanol–water partition coefficient (Wildman–Crippen LogP) is 1.82. The van der Waals surface area contributed by atoms with Crippen LogP contribution in [0.5, 0.6) is 0 Å². The third-order valence-corrected chi connectivity index (χ3v) is 3.75. The summed E-state index contributed by atoms with van der Waals surface area (Å²) >= 11 is 0. The summed E-state index contributed by atoms with van der Waals surface area (Å²) in [6.07, 6.45) is 1.25. The molecule has 94 valence electrons. The van der Waals surface area contributed by atoms with Crippen LogP contribution in [-0.2, 0) is 6.54 Å². The number of nitrogens with zero attached hydrogens (tertiary/aromatic N) is 2. The molecular formula is C14H23N3. The minimum absolute atomic E-state index is 0.655. The minimum atomic E-state index is 0.655. The van der Waals surface area contributed by atoms with Gasteiger partial charge < -0.3 is 5.32 Å². The highest BCUT2D eigenvalue weighted by molar-refractivity contribution is 5.10. The molecule has 0 saturated carbocycles. The first-order valence-corrected chi connectivity index (χ1v) is 6.54. The molecule has 1 aromatic heterocycles. The van der Waals surface area contributed by atoms with Gasteiger partial charge in [-0.25, -0.2) is 0 Å². The van der Waals surface area contributed by atoms with Gasteiger partial charge in [0.05, 0.1) is 5.69 Å². The van der Waals surface area contributed by atoms with E-state index in [4.69, 9.17) is 0 Å². The normalized spacial score (nSPS) is 24.5. The quantitative estimate of drug-likeness (QED) is 0.860. The van der Waals surface area contributed by atoms with Crippen LogP contribution in [-0.4, -0.2) is 36.1 Å². The average Bonchev–Trinajstić information content (AvgIpc) is 2.77. The molecule has 1 N–H and O–H groups in total. The summed E-state index contributed by atoms with van der Waals surface area (Å²) in [7, 11) is 2.21. The summed E-state index contributed by atoms with van der Waals surface area (Å²) in [5.74, 6) is 0.782. The first kappa shape index (κ1) is 12.5. The molecule has 0 spiro atoms. The lowest BCUT2D eigenvalue weighted by atomic mass is 9.99. The zero-order valence-corrected chi connectivity index (χ0v) is 11.1. The van der Waals surface area contributed by atoms with Crippen LogP contribution in [0.2, 0.25) is 0 Å². The third-order valence-electron chi connectivity index (χ3n) is 3.75. The molecule has 2 heterocycles. The highest BCUT2D eigenvalue weighted by atomic mass is 15.2. The second-order valence-corrected chi connectivity index (χ2v) is 5.08. The fourth-order valence-electron chi connectivity index (χ4n) is 2.71. The predicted molar refractivity (Wildman–Crippen MR) is 70.9 cm³/mol. The summed E-state index contributed by atoms with van der Waals surface area (Å²) in [6, 6.07) is 6.92. The Balaban J connectivity index is 1.99. The van der Waals surface area contributed by atoms with Crippen molar-refractivity contribution in [1.82, 2.24) is 15.2 Å². The van der Waals surface area contributed by atoms with Crippen molar-refractivity contribution < 1.29 is 0 Å². The Morgan fingerprint density at radius 1 is 1.41 bits per heavy atom. The molecule has 1 aromatic rings. The molecule has 2 rings (SSSR count). The molecule has 1 aliphatic heterocycles. The van der Waals surface area contributed by atoms with Gasteiger partial charge in [-0.05, 0) is 38.6 Å². The monoisotopic (exact) mass is 233 g/mol. The number of aryl methyl sites for hydroxylation is 1. The smallest absolute Gasteiger partial charge is 0.0547 e. The van der Waals surface area contributed by atoms with Crippen LogP contribution in [0, 0.1) is 12.8 Å². The average molecular weight is 233 g/mol. The molecule has 1 aliphatic rings. The van der Waals surface area contributed by atoms with Crippen molar-refractivity contribution in [3.63, 3.8) is 0 Å². The van der Waals surface area contributed by atoms with Gasteiger partial charge in [0.1, 0.15) is 0 Å². The lowest BCUT2D eigenvalue weighted by Gasteiger charge is -2.28. The van der Waals surface area contributed by atoms with Crippen molar-refractivity contribution >= 4 is 0 Å². The van der Waals surface area contributed by atoms with Crippen molar-refractivity contribution in [3.8, 4) is 0 Å². The molecule has 3 nitrogen and oxygen atoms in total. The molecule has 0 amide bonds. The van der Waals surface area contributed by atoms with Crippen LogP contribution in [0.4, 0.5) is 0 Å². The van der Waals surface area contributed by atoms with E-state index >= 15 is 0 Å². The zero-order chi connectivity index (χ0) is 12.3. The van der Waals surface area contributed by atoms with Gasteiger partial charge in [-0.1, -0.05) is 19.4 Å². The van der Waals surface area contributed by atoms with E-state index in [0.29, 0.717) is 6.04 Å². The summed E-state index contributed by atoms with van der Waals surface area (Å²) in [4.78, 5) is 7.01. The van der Waals surface area contributed by atoms with Gasteiger partial charge in [0.15, 0.2) is 0 Å². The molecule has 0 bridgehead atoms. The number of rotatable bonds is 4. The van der Waals surface area contributed by atoms with Gasteiger partial charge in [0, 0.05) is 24.8 Å². The number of pyridine rings is 1. The van der Waals surface area contributed by atoms with Crippen LogP contribution in [0.15, 0.2) is 18.2 Å². The maximum Gasteiger partial charge on any atom is 0.0547 e. The molecular weight excluding hydrogens is 210 g/mol. The Hall–Kier alpha value is -0.930. The second kappa shape index (κ2) is 5.61. The van der Waals surface area contributed by atoms with Crippen molar-refractivity contribution in [2.45, 2.75) is 32.9 Å². The van der Waals surface area contributed by atoms with Gasteiger partial charge in [-0.15, -0.1) is 0 Å². The van der Waals surface area contributed by atoms with E-state index in [1.54, 1.807) is 0 Å². The van der Waals surface area contributed by atoms with Crippen molar-refractivity contribution in [3.05, 3.63) is 29.6 Å². The number of hydrogen-bond acceptors (Lipinski definition) is 3. The SMILES string of the molecule is CCC1CNCC1N(C)Cc1cccc(C)n1.